The van der Waals surface area contributed by atoms with Gasteiger partial charge in [-0.05, 0) is 23.9 Å². The second kappa shape index (κ2) is 4.25. The molecule has 0 atom stereocenters. The maximum absolute atomic E-state index is 12.0. The van der Waals surface area contributed by atoms with Crippen LogP contribution in [-0.2, 0) is 4.79 Å². The van der Waals surface area contributed by atoms with Gasteiger partial charge in [0.1, 0.15) is 6.54 Å². The average Bonchev–Trinajstić information content (AvgIpc) is 2.68. The maximum Gasteiger partial charge on any atom is 0.264 e. The van der Waals surface area contributed by atoms with Crippen molar-refractivity contribution < 1.29 is 9.59 Å². The fourth-order valence-electron chi connectivity index (χ4n) is 1.63. The van der Waals surface area contributed by atoms with Crippen LogP contribution in [0.5, 0.6) is 0 Å². The van der Waals surface area contributed by atoms with Crippen LogP contribution in [0.4, 0.5) is 0 Å². The van der Waals surface area contributed by atoms with Crippen molar-refractivity contribution in [2.24, 2.45) is 0 Å². The van der Waals surface area contributed by atoms with Gasteiger partial charge in [0.25, 0.3) is 5.91 Å². The normalized spacial score (nSPS) is 16.8. The van der Waals surface area contributed by atoms with Crippen molar-refractivity contribution >= 4 is 23.2 Å². The molecular formula is C11H14N2O2S. The van der Waals surface area contributed by atoms with E-state index in [-0.39, 0.29) is 18.4 Å². The van der Waals surface area contributed by atoms with Crippen molar-refractivity contribution in [3.8, 4) is 0 Å². The quantitative estimate of drug-likeness (QED) is 0.731. The molecule has 1 aromatic rings. The zero-order valence-electron chi connectivity index (χ0n) is 9.40. The molecular weight excluding hydrogens is 224 g/mol. The summed E-state index contributed by atoms with van der Waals surface area (Å²) in [5.41, 5.74) is 1.09. The highest BCUT2D eigenvalue weighted by atomic mass is 32.1. The number of hydrogen-bond donors (Lipinski definition) is 0. The molecule has 86 valence electrons. The maximum atomic E-state index is 12.0. The number of amides is 2. The monoisotopic (exact) mass is 238 g/mol. The molecule has 1 fully saturated rings. The molecule has 0 radical (unpaired) electrons. The average molecular weight is 238 g/mol. The molecule has 0 unspecified atom stereocenters. The van der Waals surface area contributed by atoms with Crippen molar-refractivity contribution in [1.29, 1.82) is 0 Å². The first-order valence-corrected chi connectivity index (χ1v) is 6.04. The summed E-state index contributed by atoms with van der Waals surface area (Å²) < 4.78 is 0. The third-order valence-corrected chi connectivity index (χ3v) is 3.72. The summed E-state index contributed by atoms with van der Waals surface area (Å²) in [5.74, 6) is -0.0209. The zero-order valence-corrected chi connectivity index (χ0v) is 10.2. The number of thiophene rings is 1. The molecule has 0 spiro atoms. The number of aryl methyl sites for hydroxylation is 1. The molecule has 0 aromatic carbocycles. The first-order valence-electron chi connectivity index (χ1n) is 5.16. The van der Waals surface area contributed by atoms with Gasteiger partial charge in [-0.15, -0.1) is 11.3 Å². The molecule has 0 N–H and O–H groups in total. The Balaban J connectivity index is 2.09. The van der Waals surface area contributed by atoms with Gasteiger partial charge in [0.15, 0.2) is 0 Å². The second-order valence-electron chi connectivity index (χ2n) is 4.03. The molecule has 1 aliphatic rings. The van der Waals surface area contributed by atoms with Crippen molar-refractivity contribution in [1.82, 2.24) is 9.80 Å². The molecule has 2 amide bonds. The lowest BCUT2D eigenvalue weighted by Gasteiger charge is -2.31. The van der Waals surface area contributed by atoms with Gasteiger partial charge < -0.3 is 9.80 Å². The molecule has 1 saturated heterocycles. The lowest BCUT2D eigenvalue weighted by Crippen LogP contribution is -2.50. The van der Waals surface area contributed by atoms with Gasteiger partial charge in [0.05, 0.1) is 4.88 Å². The summed E-state index contributed by atoms with van der Waals surface area (Å²) in [4.78, 5) is 27.5. The third kappa shape index (κ3) is 2.09. The van der Waals surface area contributed by atoms with Crippen LogP contribution >= 0.6 is 11.3 Å². The van der Waals surface area contributed by atoms with Gasteiger partial charge in [0, 0.05) is 20.1 Å². The summed E-state index contributed by atoms with van der Waals surface area (Å²) in [5, 5.41) is 1.95. The predicted molar refractivity (Wildman–Crippen MR) is 62.6 cm³/mol. The number of carbonyl (C=O) groups excluding carboxylic acids is 2. The lowest BCUT2D eigenvalue weighted by molar-refractivity contribution is -0.133. The third-order valence-electron chi connectivity index (χ3n) is 2.69. The second-order valence-corrected chi connectivity index (χ2v) is 4.94. The zero-order chi connectivity index (χ0) is 11.7. The van der Waals surface area contributed by atoms with Gasteiger partial charge in [-0.1, -0.05) is 0 Å². The van der Waals surface area contributed by atoms with Gasteiger partial charge in [-0.2, -0.15) is 0 Å². The van der Waals surface area contributed by atoms with Gasteiger partial charge in [-0.25, -0.2) is 0 Å². The minimum atomic E-state index is -0.0282. The van der Waals surface area contributed by atoms with E-state index in [4.69, 9.17) is 0 Å². The number of rotatable bonds is 1. The van der Waals surface area contributed by atoms with Crippen LogP contribution in [0.2, 0.25) is 0 Å². The summed E-state index contributed by atoms with van der Waals surface area (Å²) in [6.45, 7) is 3.40. The number of hydrogen-bond acceptors (Lipinski definition) is 3. The first kappa shape index (κ1) is 11.1. The van der Waals surface area contributed by atoms with E-state index in [0.717, 1.165) is 10.4 Å². The molecule has 2 rings (SSSR count). The van der Waals surface area contributed by atoms with Crippen LogP contribution in [0, 0.1) is 6.92 Å². The molecule has 4 nitrogen and oxygen atoms in total. The van der Waals surface area contributed by atoms with Gasteiger partial charge in [0.2, 0.25) is 5.91 Å². The molecule has 0 bridgehead atoms. The summed E-state index contributed by atoms with van der Waals surface area (Å²) in [6.07, 6.45) is 0. The Hall–Kier alpha value is -1.36. The van der Waals surface area contributed by atoms with Crippen LogP contribution in [0.3, 0.4) is 0 Å². The summed E-state index contributed by atoms with van der Waals surface area (Å²) in [6, 6.07) is 1.87. The molecule has 2 heterocycles. The number of nitrogens with zero attached hydrogens (tertiary/aromatic N) is 2. The van der Waals surface area contributed by atoms with E-state index in [1.807, 2.05) is 18.4 Å². The van der Waals surface area contributed by atoms with Crippen LogP contribution in [0.15, 0.2) is 11.4 Å². The Bertz CT molecular complexity index is 427. The Kier molecular flexibility index (Phi) is 2.96. The largest absolute Gasteiger partial charge is 0.342 e. The van der Waals surface area contributed by atoms with E-state index >= 15 is 0 Å². The van der Waals surface area contributed by atoms with E-state index in [9.17, 15) is 9.59 Å². The van der Waals surface area contributed by atoms with Crippen LogP contribution in [-0.4, -0.2) is 48.3 Å². The van der Waals surface area contributed by atoms with E-state index in [2.05, 4.69) is 0 Å². The van der Waals surface area contributed by atoms with E-state index in [1.54, 1.807) is 16.8 Å². The summed E-state index contributed by atoms with van der Waals surface area (Å²) >= 11 is 1.44. The Morgan fingerprint density at radius 2 is 2.19 bits per heavy atom. The topological polar surface area (TPSA) is 40.6 Å². The fourth-order valence-corrected chi connectivity index (χ4v) is 2.50. The van der Waals surface area contributed by atoms with Crippen LogP contribution in [0.25, 0.3) is 0 Å². The fraction of sp³-hybridized carbons (Fsp3) is 0.455. The van der Waals surface area contributed by atoms with E-state index in [1.165, 1.54) is 11.3 Å². The van der Waals surface area contributed by atoms with E-state index in [0.29, 0.717) is 13.1 Å². The summed E-state index contributed by atoms with van der Waals surface area (Å²) in [7, 11) is 1.76. The SMILES string of the molecule is Cc1csc(C(=O)N2CCN(C)C(=O)C2)c1. The van der Waals surface area contributed by atoms with Crippen molar-refractivity contribution in [3.63, 3.8) is 0 Å². The van der Waals surface area contributed by atoms with Gasteiger partial charge in [-0.3, -0.25) is 9.59 Å². The molecule has 1 aliphatic heterocycles. The van der Waals surface area contributed by atoms with Crippen molar-refractivity contribution in [2.45, 2.75) is 6.92 Å². The van der Waals surface area contributed by atoms with Crippen molar-refractivity contribution in [2.75, 3.05) is 26.7 Å². The molecule has 16 heavy (non-hydrogen) atoms. The first-order chi connectivity index (χ1) is 7.58. The van der Waals surface area contributed by atoms with Crippen LogP contribution in [0.1, 0.15) is 15.2 Å². The molecule has 0 saturated carbocycles. The van der Waals surface area contributed by atoms with Crippen LogP contribution < -0.4 is 0 Å². The highest BCUT2D eigenvalue weighted by Crippen LogP contribution is 2.17. The molecule has 1 aromatic heterocycles. The van der Waals surface area contributed by atoms with Gasteiger partial charge >= 0.3 is 0 Å². The molecule has 0 aliphatic carbocycles. The Labute approximate surface area is 98.5 Å². The number of likely N-dealkylation sites (N-methyl/N-ethyl adjacent to an activating group) is 1. The predicted octanol–water partition coefficient (Wildman–Crippen LogP) is 0.971. The number of piperazine rings is 1. The standard InChI is InChI=1S/C11H14N2O2S/c1-8-5-9(16-7-8)11(15)13-4-3-12(2)10(14)6-13/h5,7H,3-4,6H2,1-2H3. The Morgan fingerprint density at radius 1 is 1.44 bits per heavy atom. The molecule has 5 heteroatoms. The minimum Gasteiger partial charge on any atom is -0.342 e. The highest BCUT2D eigenvalue weighted by Gasteiger charge is 2.26. The smallest absolute Gasteiger partial charge is 0.264 e. The number of carbonyl (C=O) groups is 2. The Morgan fingerprint density at radius 3 is 2.75 bits per heavy atom. The van der Waals surface area contributed by atoms with E-state index < -0.39 is 0 Å². The lowest BCUT2D eigenvalue weighted by atomic mass is 10.2. The highest BCUT2D eigenvalue weighted by molar-refractivity contribution is 7.12. The van der Waals surface area contributed by atoms with Crippen molar-refractivity contribution in [3.05, 3.63) is 21.9 Å². The minimum absolute atomic E-state index is 0.00729.